The molecule has 0 bridgehead atoms. The summed E-state index contributed by atoms with van der Waals surface area (Å²) in [5.74, 6) is -4.07. The van der Waals surface area contributed by atoms with E-state index in [1.165, 1.54) is 19.2 Å². The van der Waals surface area contributed by atoms with E-state index < -0.39 is 41.1 Å². The van der Waals surface area contributed by atoms with Crippen molar-refractivity contribution in [3.05, 3.63) is 70.8 Å². The topological polar surface area (TPSA) is 27.3 Å². The van der Waals surface area contributed by atoms with Crippen molar-refractivity contribution < 1.29 is 30.7 Å². The second-order valence-electron chi connectivity index (χ2n) is 6.16. The van der Waals surface area contributed by atoms with Crippen molar-refractivity contribution in [2.45, 2.75) is 18.8 Å². The predicted molar refractivity (Wildman–Crippen MR) is 88.8 cm³/mol. The van der Waals surface area contributed by atoms with Crippen molar-refractivity contribution >= 4 is 11.4 Å². The van der Waals surface area contributed by atoms with Crippen LogP contribution in [0.25, 0.3) is 5.70 Å². The lowest BCUT2D eigenvalue weighted by atomic mass is 10.1. The number of benzene rings is 2. The third-order valence-corrected chi connectivity index (χ3v) is 4.19. The summed E-state index contributed by atoms with van der Waals surface area (Å²) in [7, 11) is 1.32. The molecule has 0 aromatic heterocycles. The van der Waals surface area contributed by atoms with Gasteiger partial charge in [-0.1, -0.05) is 0 Å². The lowest BCUT2D eigenvalue weighted by molar-refractivity contribution is -0.148. The van der Waals surface area contributed by atoms with E-state index in [0.29, 0.717) is 12.1 Å². The van der Waals surface area contributed by atoms with E-state index in [9.17, 15) is 30.7 Å². The zero-order valence-corrected chi connectivity index (χ0v) is 14.3. The molecule has 0 saturated carbocycles. The number of alkyl halides is 3. The van der Waals surface area contributed by atoms with E-state index in [4.69, 9.17) is 0 Å². The first-order valence-corrected chi connectivity index (χ1v) is 8.02. The molecule has 1 unspecified atom stereocenters. The molecule has 2 N–H and O–H groups in total. The Morgan fingerprint density at radius 3 is 2.18 bits per heavy atom. The molecule has 3 nitrogen and oxygen atoms in total. The molecule has 0 aliphatic carbocycles. The Hall–Kier alpha value is -2.75. The molecule has 3 rings (SSSR count). The van der Waals surface area contributed by atoms with Gasteiger partial charge in [-0.05, 0) is 24.3 Å². The highest BCUT2D eigenvalue weighted by atomic mass is 19.4. The highest BCUT2D eigenvalue weighted by Crippen LogP contribution is 2.32. The molecule has 0 fully saturated rings. The number of anilines is 1. The van der Waals surface area contributed by atoms with Gasteiger partial charge in [-0.2, -0.15) is 13.2 Å². The molecule has 1 aliphatic heterocycles. The fourth-order valence-corrected chi connectivity index (χ4v) is 2.79. The Labute approximate surface area is 155 Å². The largest absolute Gasteiger partial charge is 0.409 e. The standard InChI is InChI=1S/C18H14F7N3/c1-28-16(7-17(27-28)18(23,24)25)11-3-2-10(6-15(11)22)26-8-12-13(20)4-9(19)5-14(12)21/h2-7,17,26-27H,8H2,1H3. The van der Waals surface area contributed by atoms with Crippen LogP contribution in [0.1, 0.15) is 11.1 Å². The summed E-state index contributed by atoms with van der Waals surface area (Å²) in [4.78, 5) is 0. The van der Waals surface area contributed by atoms with Crippen molar-refractivity contribution in [3.8, 4) is 0 Å². The maximum atomic E-state index is 14.4. The molecule has 28 heavy (non-hydrogen) atoms. The van der Waals surface area contributed by atoms with Gasteiger partial charge >= 0.3 is 6.18 Å². The molecule has 2 aromatic carbocycles. The van der Waals surface area contributed by atoms with Gasteiger partial charge in [0.15, 0.2) is 0 Å². The molecular formula is C18H14F7N3. The van der Waals surface area contributed by atoms with Crippen molar-refractivity contribution in [3.63, 3.8) is 0 Å². The van der Waals surface area contributed by atoms with Gasteiger partial charge < -0.3 is 10.3 Å². The van der Waals surface area contributed by atoms with Crippen LogP contribution in [-0.4, -0.2) is 24.3 Å². The van der Waals surface area contributed by atoms with Crippen LogP contribution < -0.4 is 10.7 Å². The Morgan fingerprint density at radius 1 is 1.00 bits per heavy atom. The van der Waals surface area contributed by atoms with E-state index in [1.807, 2.05) is 0 Å². The normalized spacial score (nSPS) is 17.1. The molecule has 150 valence electrons. The Kier molecular flexibility index (Phi) is 5.24. The van der Waals surface area contributed by atoms with E-state index in [2.05, 4.69) is 10.7 Å². The number of rotatable bonds is 4. The van der Waals surface area contributed by atoms with E-state index in [0.717, 1.165) is 17.2 Å². The summed E-state index contributed by atoms with van der Waals surface area (Å²) >= 11 is 0. The van der Waals surface area contributed by atoms with Crippen LogP contribution in [0, 0.1) is 23.3 Å². The lowest BCUT2D eigenvalue weighted by Crippen LogP contribution is -2.42. The van der Waals surface area contributed by atoms with Crippen LogP contribution in [0.4, 0.5) is 36.4 Å². The molecule has 10 heteroatoms. The van der Waals surface area contributed by atoms with Crippen LogP contribution in [0.3, 0.4) is 0 Å². The third-order valence-electron chi connectivity index (χ3n) is 4.19. The second kappa shape index (κ2) is 7.34. The van der Waals surface area contributed by atoms with Crippen LogP contribution in [0.5, 0.6) is 0 Å². The number of halogens is 7. The maximum Gasteiger partial charge on any atom is 0.409 e. The average molecular weight is 405 g/mol. The van der Waals surface area contributed by atoms with Crippen LogP contribution in [-0.2, 0) is 6.54 Å². The number of hydrogen-bond acceptors (Lipinski definition) is 3. The van der Waals surface area contributed by atoms with Crippen molar-refractivity contribution in [1.82, 2.24) is 10.4 Å². The Balaban J connectivity index is 1.78. The average Bonchev–Trinajstić information content (AvgIpc) is 2.96. The molecule has 1 heterocycles. The second-order valence-corrected chi connectivity index (χ2v) is 6.16. The van der Waals surface area contributed by atoms with Gasteiger partial charge in [0, 0.05) is 42.5 Å². The number of nitrogens with one attached hydrogen (secondary N) is 2. The summed E-state index contributed by atoms with van der Waals surface area (Å²) in [5.41, 5.74) is 1.81. The van der Waals surface area contributed by atoms with Crippen LogP contribution in [0.2, 0.25) is 0 Å². The molecule has 0 saturated heterocycles. The van der Waals surface area contributed by atoms with Gasteiger partial charge in [0.1, 0.15) is 29.3 Å². The van der Waals surface area contributed by atoms with Gasteiger partial charge in [0.25, 0.3) is 0 Å². The monoisotopic (exact) mass is 405 g/mol. The molecule has 1 aliphatic rings. The fourth-order valence-electron chi connectivity index (χ4n) is 2.79. The SMILES string of the molecule is CN1NC(C(F)(F)F)C=C1c1ccc(NCc2c(F)cc(F)cc2F)cc1F. The Morgan fingerprint density at radius 2 is 1.64 bits per heavy atom. The molecule has 1 atom stereocenters. The fraction of sp³-hybridized carbons (Fsp3) is 0.222. The first kappa shape index (κ1) is 20.0. The van der Waals surface area contributed by atoms with Crippen molar-refractivity contribution in [2.75, 3.05) is 12.4 Å². The summed E-state index contributed by atoms with van der Waals surface area (Å²) in [6, 6.07) is 2.70. The molecule has 0 spiro atoms. The highest BCUT2D eigenvalue weighted by molar-refractivity contribution is 5.68. The minimum atomic E-state index is -4.53. The van der Waals surface area contributed by atoms with E-state index in [1.54, 1.807) is 0 Å². The molecule has 0 radical (unpaired) electrons. The first-order valence-electron chi connectivity index (χ1n) is 8.02. The van der Waals surface area contributed by atoms with E-state index in [-0.39, 0.29) is 23.5 Å². The quantitative estimate of drug-likeness (QED) is 0.730. The van der Waals surface area contributed by atoms with Gasteiger partial charge in [0.2, 0.25) is 0 Å². The molecular weight excluding hydrogens is 391 g/mol. The summed E-state index contributed by atoms with van der Waals surface area (Å²) < 4.78 is 93.1. The lowest BCUT2D eigenvalue weighted by Gasteiger charge is -2.20. The van der Waals surface area contributed by atoms with E-state index >= 15 is 0 Å². The maximum absolute atomic E-state index is 14.4. The van der Waals surface area contributed by atoms with Crippen molar-refractivity contribution in [1.29, 1.82) is 0 Å². The summed E-state index contributed by atoms with van der Waals surface area (Å²) in [5, 5.41) is 3.66. The Bertz CT molecular complexity index is 901. The minimum absolute atomic E-state index is 0.00185. The number of hydrogen-bond donors (Lipinski definition) is 2. The third kappa shape index (κ3) is 4.06. The first-order chi connectivity index (χ1) is 13.1. The smallest absolute Gasteiger partial charge is 0.381 e. The van der Waals surface area contributed by atoms with Gasteiger partial charge in [-0.15, -0.1) is 0 Å². The zero-order valence-electron chi connectivity index (χ0n) is 14.3. The molecule has 2 aromatic rings. The molecule has 0 amide bonds. The predicted octanol–water partition coefficient (Wildman–Crippen LogP) is 4.58. The zero-order chi connectivity index (χ0) is 20.6. The summed E-state index contributed by atoms with van der Waals surface area (Å²) in [6.45, 7) is -0.378. The van der Waals surface area contributed by atoms with Gasteiger partial charge in [-0.3, -0.25) is 0 Å². The van der Waals surface area contributed by atoms with Crippen LogP contribution in [0.15, 0.2) is 36.4 Å². The minimum Gasteiger partial charge on any atom is -0.381 e. The highest BCUT2D eigenvalue weighted by Gasteiger charge is 2.42. The van der Waals surface area contributed by atoms with Gasteiger partial charge in [-0.25, -0.2) is 23.0 Å². The van der Waals surface area contributed by atoms with Gasteiger partial charge in [0.05, 0.1) is 5.70 Å². The number of nitrogens with zero attached hydrogens (tertiary/aromatic N) is 1. The van der Waals surface area contributed by atoms with Crippen molar-refractivity contribution in [2.24, 2.45) is 0 Å². The summed E-state index contributed by atoms with van der Waals surface area (Å²) in [6.07, 6.45) is -3.67. The van der Waals surface area contributed by atoms with Crippen LogP contribution >= 0.6 is 0 Å². The number of hydrazine groups is 1.